The summed E-state index contributed by atoms with van der Waals surface area (Å²) in [7, 11) is 0. The Kier molecular flexibility index (Phi) is 6.28. The Balaban J connectivity index is 1.49. The van der Waals surface area contributed by atoms with Crippen molar-refractivity contribution in [2.45, 2.75) is 57.3 Å². The molecule has 2 aromatic rings. The van der Waals surface area contributed by atoms with E-state index in [1.807, 2.05) is 18.2 Å². The molecule has 2 fully saturated rings. The monoisotopic (exact) mass is 473 g/mol. The maximum Gasteiger partial charge on any atom is 0.307 e. The molecule has 0 aromatic heterocycles. The quantitative estimate of drug-likeness (QED) is 0.236. The lowest BCUT2D eigenvalue weighted by Crippen LogP contribution is -2.46. The number of nitrogens with zero attached hydrogens (tertiary/aromatic N) is 3. The van der Waals surface area contributed by atoms with Gasteiger partial charge in [-0.15, -0.1) is 0 Å². The summed E-state index contributed by atoms with van der Waals surface area (Å²) in [4.78, 5) is 27.1. The third-order valence-corrected chi connectivity index (χ3v) is 8.69. The van der Waals surface area contributed by atoms with Gasteiger partial charge in [-0.05, 0) is 89.3 Å². The summed E-state index contributed by atoms with van der Waals surface area (Å²) >= 11 is 0. The molecule has 0 unspecified atom stereocenters. The van der Waals surface area contributed by atoms with Crippen LogP contribution < -0.4 is 4.74 Å². The summed E-state index contributed by atoms with van der Waals surface area (Å²) in [6, 6.07) is 14.4. The van der Waals surface area contributed by atoms with Crippen LogP contribution in [0.4, 0.5) is 0 Å². The van der Waals surface area contributed by atoms with Gasteiger partial charge in [0, 0.05) is 16.7 Å². The average Bonchev–Trinajstić information content (AvgIpc) is 3.15. The summed E-state index contributed by atoms with van der Waals surface area (Å²) in [5.74, 6) is 1.72. The number of rotatable bonds is 7. The molecule has 35 heavy (non-hydrogen) atoms. The zero-order valence-corrected chi connectivity index (χ0v) is 20.0. The van der Waals surface area contributed by atoms with Crippen LogP contribution in [0.1, 0.15) is 66.7 Å². The van der Waals surface area contributed by atoms with Crippen molar-refractivity contribution in [2.24, 2.45) is 22.4 Å². The molecule has 1 N–H and O–H groups in total. The van der Waals surface area contributed by atoms with Crippen LogP contribution in [0.5, 0.6) is 5.75 Å². The minimum Gasteiger partial charge on any atom is -0.493 e. The molecule has 0 heterocycles. The number of carboxylic acids is 1. The van der Waals surface area contributed by atoms with Gasteiger partial charge in [0.15, 0.2) is 0 Å². The number of aliphatic carboxylic acids is 1. The lowest BCUT2D eigenvalue weighted by molar-refractivity contribution is -0.136. The molecule has 0 aliphatic heterocycles. The number of carboxylic acid groups (broad SMARTS) is 1. The van der Waals surface area contributed by atoms with Gasteiger partial charge >= 0.3 is 5.97 Å². The van der Waals surface area contributed by atoms with Crippen LogP contribution in [0.2, 0.25) is 0 Å². The molecule has 2 aromatic carbocycles. The number of benzene rings is 2. The van der Waals surface area contributed by atoms with E-state index < -0.39 is 5.97 Å². The van der Waals surface area contributed by atoms with E-state index in [9.17, 15) is 14.7 Å². The van der Waals surface area contributed by atoms with Crippen molar-refractivity contribution in [2.75, 3.05) is 13.2 Å². The molecule has 0 saturated heterocycles. The second-order valence-corrected chi connectivity index (χ2v) is 10.5. The van der Waals surface area contributed by atoms with Gasteiger partial charge in [0.05, 0.1) is 19.6 Å². The highest BCUT2D eigenvalue weighted by atomic mass is 16.5. The van der Waals surface area contributed by atoms with Gasteiger partial charge in [-0.25, -0.2) is 0 Å². The molecular formula is C28H31N3O4. The van der Waals surface area contributed by atoms with Gasteiger partial charge in [-0.2, -0.15) is 0 Å². The fourth-order valence-electron chi connectivity index (χ4n) is 7.20. The molecule has 182 valence electrons. The standard InChI is InChI=1S/C28H31N3O4/c1-28-16-23(18-3-6-20(7-4-18)35-13-12-30-31-29)27-21-8-2-17(15-26(33)34)14-19(21)5-9-22(27)24(28)10-11-25(28)32/h2-4,6-8,14,22-24,27H,5,9-13,15-16H2,1H3,(H,33,34)/t22-,23+,24-,27+,28-/m0/s1. The van der Waals surface area contributed by atoms with Gasteiger partial charge in [-0.1, -0.05) is 42.4 Å². The van der Waals surface area contributed by atoms with E-state index in [0.29, 0.717) is 36.6 Å². The maximum absolute atomic E-state index is 13.1. The highest BCUT2D eigenvalue weighted by molar-refractivity contribution is 5.87. The van der Waals surface area contributed by atoms with Gasteiger partial charge in [-0.3, -0.25) is 9.59 Å². The van der Waals surface area contributed by atoms with E-state index in [-0.39, 0.29) is 24.3 Å². The van der Waals surface area contributed by atoms with Crippen LogP contribution in [0.15, 0.2) is 47.6 Å². The fraction of sp³-hybridized carbons (Fsp3) is 0.500. The minimum atomic E-state index is -0.809. The molecule has 0 radical (unpaired) electrons. The molecule has 7 heteroatoms. The van der Waals surface area contributed by atoms with Gasteiger partial charge in [0.2, 0.25) is 0 Å². The van der Waals surface area contributed by atoms with Crippen molar-refractivity contribution in [3.05, 3.63) is 75.2 Å². The van der Waals surface area contributed by atoms with E-state index in [1.165, 1.54) is 16.7 Å². The number of ether oxygens (including phenoxy) is 1. The number of hydrogen-bond donors (Lipinski definition) is 1. The predicted octanol–water partition coefficient (Wildman–Crippen LogP) is 5.82. The van der Waals surface area contributed by atoms with Gasteiger partial charge < -0.3 is 9.84 Å². The number of carbonyl (C=O) groups is 2. The van der Waals surface area contributed by atoms with Crippen molar-refractivity contribution in [1.29, 1.82) is 0 Å². The van der Waals surface area contributed by atoms with E-state index in [1.54, 1.807) is 0 Å². The van der Waals surface area contributed by atoms with Crippen LogP contribution in [0, 0.1) is 17.3 Å². The zero-order valence-electron chi connectivity index (χ0n) is 20.0. The summed E-state index contributed by atoms with van der Waals surface area (Å²) in [6.45, 7) is 2.81. The fourth-order valence-corrected chi connectivity index (χ4v) is 7.20. The van der Waals surface area contributed by atoms with Crippen LogP contribution in [0.3, 0.4) is 0 Å². The Labute approximate surface area is 205 Å². The first-order chi connectivity index (χ1) is 16.9. The number of aryl methyl sites for hydroxylation is 1. The van der Waals surface area contributed by atoms with Crippen molar-refractivity contribution in [3.63, 3.8) is 0 Å². The zero-order chi connectivity index (χ0) is 24.6. The smallest absolute Gasteiger partial charge is 0.307 e. The normalized spacial score (nSPS) is 28.9. The lowest BCUT2D eigenvalue weighted by Gasteiger charge is -2.52. The molecular weight excluding hydrogens is 442 g/mol. The molecule has 5 rings (SSSR count). The largest absolute Gasteiger partial charge is 0.493 e. The highest BCUT2D eigenvalue weighted by Crippen LogP contribution is 2.64. The number of carbonyl (C=O) groups excluding carboxylic acids is 1. The average molecular weight is 474 g/mol. The highest BCUT2D eigenvalue weighted by Gasteiger charge is 2.57. The van der Waals surface area contributed by atoms with Gasteiger partial charge in [0.25, 0.3) is 0 Å². The first-order valence-electron chi connectivity index (χ1n) is 12.5. The second kappa shape index (κ2) is 9.38. The number of hydrogen-bond acceptors (Lipinski definition) is 4. The van der Waals surface area contributed by atoms with Crippen molar-refractivity contribution in [1.82, 2.24) is 0 Å². The van der Waals surface area contributed by atoms with Crippen molar-refractivity contribution in [3.8, 4) is 5.75 Å². The molecule has 2 saturated carbocycles. The molecule has 3 aliphatic carbocycles. The first-order valence-corrected chi connectivity index (χ1v) is 12.5. The maximum atomic E-state index is 13.1. The van der Waals surface area contributed by atoms with Crippen molar-refractivity contribution < 1.29 is 19.4 Å². The molecule has 7 nitrogen and oxygen atoms in total. The number of fused-ring (bicyclic) bond motifs is 5. The van der Waals surface area contributed by atoms with Crippen LogP contribution in [-0.4, -0.2) is 30.0 Å². The van der Waals surface area contributed by atoms with E-state index in [4.69, 9.17) is 10.3 Å². The summed E-state index contributed by atoms with van der Waals surface area (Å²) in [6.07, 6.45) is 4.52. The molecule has 0 bridgehead atoms. The van der Waals surface area contributed by atoms with E-state index in [0.717, 1.165) is 37.0 Å². The Morgan fingerprint density at radius 1 is 1.20 bits per heavy atom. The second-order valence-electron chi connectivity index (χ2n) is 10.5. The summed E-state index contributed by atoms with van der Waals surface area (Å²) < 4.78 is 5.70. The van der Waals surface area contributed by atoms with E-state index >= 15 is 0 Å². The molecule has 5 atom stereocenters. The number of Topliss-reactive ketones (excluding diaryl/α,β-unsaturated/α-hetero) is 1. The first kappa shape index (κ1) is 23.4. The van der Waals surface area contributed by atoms with Crippen LogP contribution in [0.25, 0.3) is 10.4 Å². The topological polar surface area (TPSA) is 112 Å². The molecule has 0 spiro atoms. The van der Waals surface area contributed by atoms with Crippen LogP contribution >= 0.6 is 0 Å². The summed E-state index contributed by atoms with van der Waals surface area (Å²) in [5, 5.41) is 12.7. The third-order valence-electron chi connectivity index (χ3n) is 8.69. The Hall–Kier alpha value is -3.31. The Bertz CT molecular complexity index is 1190. The SMILES string of the molecule is C[C@]12C[C@H](c3ccc(OCCN=[N+]=[N-])cc3)[C@@H]3c4ccc(CC(=O)O)cc4CC[C@H]3[C@@H]1CCC2=O. The Morgan fingerprint density at radius 2 is 2.00 bits per heavy atom. The number of azide groups is 1. The van der Waals surface area contributed by atoms with Crippen LogP contribution in [-0.2, 0) is 22.4 Å². The molecule has 3 aliphatic rings. The Morgan fingerprint density at radius 3 is 2.74 bits per heavy atom. The molecule has 0 amide bonds. The number of ketones is 1. The van der Waals surface area contributed by atoms with E-state index in [2.05, 4.69) is 41.2 Å². The lowest BCUT2D eigenvalue weighted by atomic mass is 9.51. The third kappa shape index (κ3) is 4.30. The predicted molar refractivity (Wildman–Crippen MR) is 131 cm³/mol. The minimum absolute atomic E-state index is 0.0428. The van der Waals surface area contributed by atoms with Crippen molar-refractivity contribution >= 4 is 11.8 Å². The van der Waals surface area contributed by atoms with Gasteiger partial charge in [0.1, 0.15) is 11.5 Å². The summed E-state index contributed by atoms with van der Waals surface area (Å²) in [5.41, 5.74) is 12.8.